The van der Waals surface area contributed by atoms with Crippen LogP contribution in [0.2, 0.25) is 0 Å². The number of anilines is 1. The number of aromatic nitrogens is 3. The maximum atomic E-state index is 14.3. The number of amides is 1. The smallest absolute Gasteiger partial charge is 0.256 e. The predicted octanol–water partition coefficient (Wildman–Crippen LogP) is 4.37. The Morgan fingerprint density at radius 2 is 1.96 bits per heavy atom. The highest BCUT2D eigenvalue weighted by Gasteiger charge is 2.18. The van der Waals surface area contributed by atoms with Crippen molar-refractivity contribution in [1.82, 2.24) is 14.8 Å². The van der Waals surface area contributed by atoms with Crippen molar-refractivity contribution in [2.75, 3.05) is 5.32 Å². The van der Waals surface area contributed by atoms with Crippen molar-refractivity contribution < 1.29 is 9.18 Å². The highest BCUT2D eigenvalue weighted by molar-refractivity contribution is 6.05. The molecule has 27 heavy (non-hydrogen) atoms. The maximum Gasteiger partial charge on any atom is 0.256 e. The van der Waals surface area contributed by atoms with E-state index in [1.807, 2.05) is 19.1 Å². The molecular formula is C21H21FN4O. The molecule has 1 aliphatic heterocycles. The van der Waals surface area contributed by atoms with Gasteiger partial charge >= 0.3 is 0 Å². The summed E-state index contributed by atoms with van der Waals surface area (Å²) in [4.78, 5) is 12.6. The molecule has 2 heterocycles. The quantitative estimate of drug-likeness (QED) is 0.751. The Morgan fingerprint density at radius 1 is 1.11 bits per heavy atom. The number of nitrogens with zero attached hydrogens (tertiary/aromatic N) is 3. The fourth-order valence-electron chi connectivity index (χ4n) is 3.48. The van der Waals surface area contributed by atoms with Crippen molar-refractivity contribution in [2.24, 2.45) is 0 Å². The van der Waals surface area contributed by atoms with Crippen LogP contribution in [0.5, 0.6) is 0 Å². The van der Waals surface area contributed by atoms with Crippen molar-refractivity contribution in [3.8, 4) is 11.4 Å². The average Bonchev–Trinajstić information content (AvgIpc) is 2.92. The Bertz CT molecular complexity index is 996. The van der Waals surface area contributed by atoms with Gasteiger partial charge in [-0.3, -0.25) is 4.79 Å². The number of aryl methyl sites for hydroxylation is 2. The summed E-state index contributed by atoms with van der Waals surface area (Å²) >= 11 is 0. The van der Waals surface area contributed by atoms with Crippen molar-refractivity contribution in [3.05, 3.63) is 65.2 Å². The van der Waals surface area contributed by atoms with Gasteiger partial charge in [0.25, 0.3) is 5.91 Å². The highest BCUT2D eigenvalue weighted by atomic mass is 19.1. The van der Waals surface area contributed by atoms with Gasteiger partial charge in [0, 0.05) is 24.1 Å². The summed E-state index contributed by atoms with van der Waals surface area (Å²) in [7, 11) is 0. The number of hydrogen-bond acceptors (Lipinski definition) is 3. The third-order valence-electron chi connectivity index (χ3n) is 4.97. The van der Waals surface area contributed by atoms with E-state index in [9.17, 15) is 9.18 Å². The molecule has 1 aromatic heterocycles. The van der Waals surface area contributed by atoms with Crippen LogP contribution in [-0.2, 0) is 13.0 Å². The molecule has 0 saturated carbocycles. The van der Waals surface area contributed by atoms with Gasteiger partial charge in [-0.05, 0) is 49.6 Å². The molecule has 1 aliphatic rings. The first-order valence-electron chi connectivity index (χ1n) is 9.22. The van der Waals surface area contributed by atoms with Crippen LogP contribution >= 0.6 is 0 Å². The van der Waals surface area contributed by atoms with Crippen molar-refractivity contribution >= 4 is 11.6 Å². The Hall–Kier alpha value is -3.02. The van der Waals surface area contributed by atoms with E-state index < -0.39 is 5.82 Å². The topological polar surface area (TPSA) is 59.8 Å². The molecule has 138 valence electrons. The van der Waals surface area contributed by atoms with E-state index in [2.05, 4.69) is 20.1 Å². The van der Waals surface area contributed by atoms with Crippen LogP contribution in [0.25, 0.3) is 11.4 Å². The van der Waals surface area contributed by atoms with Crippen molar-refractivity contribution in [2.45, 2.75) is 39.2 Å². The molecular weight excluding hydrogens is 343 g/mol. The molecule has 0 saturated heterocycles. The molecule has 0 fully saturated rings. The summed E-state index contributed by atoms with van der Waals surface area (Å²) in [6.45, 7) is 2.72. The lowest BCUT2D eigenvalue weighted by Gasteiger charge is -2.11. The molecule has 1 amide bonds. The fraction of sp³-hybridized carbons (Fsp3) is 0.286. The molecule has 0 spiro atoms. The number of benzene rings is 2. The fourth-order valence-corrected chi connectivity index (χ4v) is 3.48. The van der Waals surface area contributed by atoms with Gasteiger partial charge in [-0.1, -0.05) is 24.6 Å². The lowest BCUT2D eigenvalue weighted by atomic mass is 10.1. The van der Waals surface area contributed by atoms with E-state index in [0.717, 1.165) is 48.6 Å². The SMILES string of the molecule is Cc1ccccc1C(=O)Nc1cc(-c2nnc3n2CCCCC3)ccc1F. The summed E-state index contributed by atoms with van der Waals surface area (Å²) in [5.74, 6) is 0.885. The second kappa shape index (κ2) is 7.31. The van der Waals surface area contributed by atoms with Crippen LogP contribution in [0.1, 0.15) is 41.0 Å². The van der Waals surface area contributed by atoms with E-state index in [0.29, 0.717) is 5.56 Å². The molecule has 0 aliphatic carbocycles. The monoisotopic (exact) mass is 364 g/mol. The van der Waals surface area contributed by atoms with Crippen molar-refractivity contribution in [1.29, 1.82) is 0 Å². The minimum atomic E-state index is -0.476. The largest absolute Gasteiger partial charge is 0.319 e. The zero-order valence-electron chi connectivity index (χ0n) is 15.2. The zero-order chi connectivity index (χ0) is 18.8. The van der Waals surface area contributed by atoms with Gasteiger partial charge in [0.05, 0.1) is 5.69 Å². The van der Waals surface area contributed by atoms with E-state index in [1.165, 1.54) is 12.5 Å². The number of hydrogen-bond donors (Lipinski definition) is 1. The first kappa shape index (κ1) is 17.4. The van der Waals surface area contributed by atoms with Crippen LogP contribution in [0, 0.1) is 12.7 Å². The predicted molar refractivity (Wildman–Crippen MR) is 102 cm³/mol. The average molecular weight is 364 g/mol. The van der Waals surface area contributed by atoms with Gasteiger partial charge in [-0.25, -0.2) is 4.39 Å². The summed E-state index contributed by atoms with van der Waals surface area (Å²) in [5.41, 5.74) is 2.26. The lowest BCUT2D eigenvalue weighted by molar-refractivity contribution is 0.102. The Morgan fingerprint density at radius 3 is 2.81 bits per heavy atom. The molecule has 6 heteroatoms. The molecule has 0 radical (unpaired) electrons. The molecule has 0 atom stereocenters. The van der Waals surface area contributed by atoms with Crippen LogP contribution in [0.4, 0.5) is 10.1 Å². The van der Waals surface area contributed by atoms with Gasteiger partial charge < -0.3 is 9.88 Å². The van der Waals surface area contributed by atoms with Gasteiger partial charge in [0.2, 0.25) is 0 Å². The Balaban J connectivity index is 1.66. The second-order valence-electron chi connectivity index (χ2n) is 6.87. The standard InChI is InChI=1S/C21H21FN4O/c1-14-7-4-5-8-16(14)21(27)23-18-13-15(10-11-17(18)22)20-25-24-19-9-3-2-6-12-26(19)20/h4-5,7-8,10-11,13H,2-3,6,9,12H2,1H3,(H,23,27). The zero-order valence-corrected chi connectivity index (χ0v) is 15.2. The number of carbonyl (C=O) groups is 1. The minimum Gasteiger partial charge on any atom is -0.319 e. The van der Waals surface area contributed by atoms with Crippen LogP contribution in [0.15, 0.2) is 42.5 Å². The molecule has 0 unspecified atom stereocenters. The van der Waals surface area contributed by atoms with E-state index in [4.69, 9.17) is 0 Å². The highest BCUT2D eigenvalue weighted by Crippen LogP contribution is 2.27. The molecule has 4 rings (SSSR count). The molecule has 5 nitrogen and oxygen atoms in total. The summed E-state index contributed by atoms with van der Waals surface area (Å²) in [6.07, 6.45) is 4.27. The molecule has 1 N–H and O–H groups in total. The molecule has 2 aromatic carbocycles. The Kier molecular flexibility index (Phi) is 4.71. The Labute approximate surface area is 157 Å². The van der Waals surface area contributed by atoms with Gasteiger partial charge in [0.15, 0.2) is 5.82 Å². The summed E-state index contributed by atoms with van der Waals surface area (Å²) in [6, 6.07) is 11.9. The third kappa shape index (κ3) is 3.47. The van der Waals surface area contributed by atoms with E-state index >= 15 is 0 Å². The van der Waals surface area contributed by atoms with Crippen LogP contribution in [-0.4, -0.2) is 20.7 Å². The number of nitrogens with one attached hydrogen (secondary N) is 1. The molecule has 0 bridgehead atoms. The number of carbonyl (C=O) groups excluding carboxylic acids is 1. The minimum absolute atomic E-state index is 0.145. The third-order valence-corrected chi connectivity index (χ3v) is 4.97. The lowest BCUT2D eigenvalue weighted by Crippen LogP contribution is -2.14. The van der Waals surface area contributed by atoms with Gasteiger partial charge in [-0.2, -0.15) is 0 Å². The van der Waals surface area contributed by atoms with E-state index in [-0.39, 0.29) is 11.6 Å². The van der Waals surface area contributed by atoms with Crippen LogP contribution in [0.3, 0.4) is 0 Å². The summed E-state index contributed by atoms with van der Waals surface area (Å²) in [5, 5.41) is 11.3. The summed E-state index contributed by atoms with van der Waals surface area (Å²) < 4.78 is 16.4. The first-order chi connectivity index (χ1) is 13.1. The normalized spacial score (nSPS) is 13.7. The number of halogens is 1. The first-order valence-corrected chi connectivity index (χ1v) is 9.22. The van der Waals surface area contributed by atoms with Gasteiger partial charge in [0.1, 0.15) is 11.6 Å². The van der Waals surface area contributed by atoms with E-state index in [1.54, 1.807) is 24.3 Å². The van der Waals surface area contributed by atoms with Gasteiger partial charge in [-0.15, -0.1) is 10.2 Å². The van der Waals surface area contributed by atoms with Crippen LogP contribution < -0.4 is 5.32 Å². The number of fused-ring (bicyclic) bond motifs is 1. The maximum absolute atomic E-state index is 14.3. The second-order valence-corrected chi connectivity index (χ2v) is 6.87. The number of rotatable bonds is 3. The molecule has 3 aromatic rings. The van der Waals surface area contributed by atoms with Crippen molar-refractivity contribution in [3.63, 3.8) is 0 Å².